The zero-order valence-electron chi connectivity index (χ0n) is 11.2. The summed E-state index contributed by atoms with van der Waals surface area (Å²) in [6.07, 6.45) is 1.56. The molecular formula is C12H28N2O2. The van der Waals surface area contributed by atoms with Gasteiger partial charge in [0.1, 0.15) is 0 Å². The van der Waals surface area contributed by atoms with E-state index in [-0.39, 0.29) is 18.1 Å². The molecule has 0 aliphatic rings. The topological polar surface area (TPSA) is 55.7 Å². The van der Waals surface area contributed by atoms with Crippen LogP contribution in [-0.4, -0.2) is 61.6 Å². The molecule has 0 aliphatic heterocycles. The van der Waals surface area contributed by atoms with Crippen molar-refractivity contribution >= 4 is 0 Å². The second-order valence-corrected chi connectivity index (χ2v) is 4.91. The molecule has 0 saturated heterocycles. The average molecular weight is 232 g/mol. The van der Waals surface area contributed by atoms with Crippen molar-refractivity contribution in [3.8, 4) is 0 Å². The first-order chi connectivity index (χ1) is 7.49. The molecule has 0 aromatic heterocycles. The van der Waals surface area contributed by atoms with Crippen molar-refractivity contribution in [2.45, 2.75) is 32.8 Å². The molecule has 0 spiro atoms. The highest BCUT2D eigenvalue weighted by atomic mass is 16.3. The minimum Gasteiger partial charge on any atom is -0.396 e. The molecule has 98 valence electrons. The first kappa shape index (κ1) is 15.8. The molecular weight excluding hydrogens is 204 g/mol. The highest BCUT2D eigenvalue weighted by Gasteiger charge is 2.24. The van der Waals surface area contributed by atoms with Gasteiger partial charge in [0.15, 0.2) is 0 Å². The molecule has 0 amide bonds. The molecule has 4 nitrogen and oxygen atoms in total. The summed E-state index contributed by atoms with van der Waals surface area (Å²) in [6.45, 7) is 6.41. The third-order valence-electron chi connectivity index (χ3n) is 3.29. The van der Waals surface area contributed by atoms with Crippen molar-refractivity contribution in [2.75, 3.05) is 40.3 Å². The maximum atomic E-state index is 9.67. The van der Waals surface area contributed by atoms with Crippen molar-refractivity contribution < 1.29 is 10.2 Å². The number of aliphatic hydroxyl groups excluding tert-OH is 2. The van der Waals surface area contributed by atoms with E-state index in [4.69, 9.17) is 0 Å². The van der Waals surface area contributed by atoms with Gasteiger partial charge in [0, 0.05) is 31.7 Å². The van der Waals surface area contributed by atoms with E-state index >= 15 is 0 Å². The monoisotopic (exact) mass is 232 g/mol. The molecule has 4 heteroatoms. The van der Waals surface area contributed by atoms with E-state index < -0.39 is 0 Å². The summed E-state index contributed by atoms with van der Waals surface area (Å²) < 4.78 is 0. The number of aliphatic hydroxyl groups is 2. The fourth-order valence-electron chi connectivity index (χ4n) is 1.77. The van der Waals surface area contributed by atoms with Crippen LogP contribution in [-0.2, 0) is 0 Å². The fraction of sp³-hybridized carbons (Fsp3) is 1.00. The summed E-state index contributed by atoms with van der Waals surface area (Å²) in [6, 6.07) is 0. The van der Waals surface area contributed by atoms with Crippen molar-refractivity contribution in [1.82, 2.24) is 10.2 Å². The quantitative estimate of drug-likeness (QED) is 0.535. The molecule has 0 saturated carbocycles. The molecule has 0 heterocycles. The Hall–Kier alpha value is -0.160. The van der Waals surface area contributed by atoms with Crippen LogP contribution in [0.2, 0.25) is 0 Å². The summed E-state index contributed by atoms with van der Waals surface area (Å²) in [5.74, 6) is 0. The van der Waals surface area contributed by atoms with Crippen LogP contribution in [0.3, 0.4) is 0 Å². The maximum absolute atomic E-state index is 9.67. The molecule has 0 bridgehead atoms. The van der Waals surface area contributed by atoms with Gasteiger partial charge in [-0.2, -0.15) is 0 Å². The highest BCUT2D eigenvalue weighted by molar-refractivity contribution is 4.79. The molecule has 0 aromatic rings. The predicted octanol–water partition coefficient (Wildman–Crippen LogP) is 0.297. The number of hydrogen-bond donors (Lipinski definition) is 3. The lowest BCUT2D eigenvalue weighted by molar-refractivity contribution is 0.0974. The normalized spacial score (nSPS) is 14.4. The van der Waals surface area contributed by atoms with Gasteiger partial charge in [0.2, 0.25) is 0 Å². The average Bonchev–Trinajstić information content (AvgIpc) is 2.24. The van der Waals surface area contributed by atoms with Gasteiger partial charge in [-0.3, -0.25) is 0 Å². The van der Waals surface area contributed by atoms with E-state index in [1.807, 2.05) is 19.0 Å². The summed E-state index contributed by atoms with van der Waals surface area (Å²) in [4.78, 5) is 1.96. The Labute approximate surface area is 99.7 Å². The molecule has 0 aliphatic carbocycles. The Morgan fingerprint density at radius 1 is 1.25 bits per heavy atom. The van der Waals surface area contributed by atoms with Crippen LogP contribution in [0.1, 0.15) is 26.7 Å². The van der Waals surface area contributed by atoms with E-state index in [0.29, 0.717) is 13.1 Å². The minimum atomic E-state index is -0.347. The SMILES string of the molecule is CCC(CC)(CO)CNCC(O)CN(C)C. The summed E-state index contributed by atoms with van der Waals surface area (Å²) >= 11 is 0. The number of nitrogens with one attached hydrogen (secondary N) is 1. The van der Waals surface area contributed by atoms with Gasteiger partial charge >= 0.3 is 0 Å². The molecule has 0 radical (unpaired) electrons. The molecule has 1 atom stereocenters. The molecule has 0 aromatic carbocycles. The van der Waals surface area contributed by atoms with Gasteiger partial charge in [0.05, 0.1) is 6.10 Å². The van der Waals surface area contributed by atoms with Crippen LogP contribution in [0.5, 0.6) is 0 Å². The number of likely N-dealkylation sites (N-methyl/N-ethyl adjacent to an activating group) is 1. The Kier molecular flexibility index (Phi) is 7.93. The smallest absolute Gasteiger partial charge is 0.0791 e. The largest absolute Gasteiger partial charge is 0.396 e. The van der Waals surface area contributed by atoms with Crippen LogP contribution in [0.25, 0.3) is 0 Å². The maximum Gasteiger partial charge on any atom is 0.0791 e. The summed E-state index contributed by atoms with van der Waals surface area (Å²) in [7, 11) is 3.89. The fourth-order valence-corrected chi connectivity index (χ4v) is 1.77. The van der Waals surface area contributed by atoms with E-state index in [1.54, 1.807) is 0 Å². The Morgan fingerprint density at radius 3 is 2.19 bits per heavy atom. The minimum absolute atomic E-state index is 0.0299. The molecule has 16 heavy (non-hydrogen) atoms. The molecule has 0 rings (SSSR count). The summed E-state index contributed by atoms with van der Waals surface area (Å²) in [5.41, 5.74) is -0.0299. The van der Waals surface area contributed by atoms with E-state index in [0.717, 1.165) is 19.4 Å². The second kappa shape index (κ2) is 8.01. The zero-order valence-corrected chi connectivity index (χ0v) is 11.2. The zero-order chi connectivity index (χ0) is 12.6. The van der Waals surface area contributed by atoms with Gasteiger partial charge in [-0.05, 0) is 26.9 Å². The Bertz CT molecular complexity index is 162. The molecule has 3 N–H and O–H groups in total. The van der Waals surface area contributed by atoms with Crippen LogP contribution in [0.4, 0.5) is 0 Å². The van der Waals surface area contributed by atoms with Gasteiger partial charge in [-0.25, -0.2) is 0 Å². The van der Waals surface area contributed by atoms with E-state index in [2.05, 4.69) is 19.2 Å². The Morgan fingerprint density at radius 2 is 1.81 bits per heavy atom. The molecule has 1 unspecified atom stereocenters. The third kappa shape index (κ3) is 5.80. The van der Waals surface area contributed by atoms with Crippen LogP contribution < -0.4 is 5.32 Å². The summed E-state index contributed by atoms with van der Waals surface area (Å²) in [5, 5.41) is 22.3. The second-order valence-electron chi connectivity index (χ2n) is 4.91. The third-order valence-corrected chi connectivity index (χ3v) is 3.29. The number of nitrogens with zero attached hydrogens (tertiary/aromatic N) is 1. The first-order valence-electron chi connectivity index (χ1n) is 6.14. The predicted molar refractivity (Wildman–Crippen MR) is 67.5 cm³/mol. The first-order valence-corrected chi connectivity index (χ1v) is 6.14. The lowest BCUT2D eigenvalue weighted by atomic mass is 9.83. The van der Waals surface area contributed by atoms with Crippen LogP contribution in [0.15, 0.2) is 0 Å². The highest BCUT2D eigenvalue weighted by Crippen LogP contribution is 2.24. The lowest BCUT2D eigenvalue weighted by Gasteiger charge is -2.30. The van der Waals surface area contributed by atoms with Gasteiger partial charge in [0.25, 0.3) is 0 Å². The standard InChI is InChI=1S/C12H28N2O2/c1-5-12(6-2,10-15)9-13-7-11(16)8-14(3)4/h11,13,15-16H,5-10H2,1-4H3. The lowest BCUT2D eigenvalue weighted by Crippen LogP contribution is -2.41. The van der Waals surface area contributed by atoms with E-state index in [9.17, 15) is 10.2 Å². The van der Waals surface area contributed by atoms with Crippen molar-refractivity contribution in [3.05, 3.63) is 0 Å². The van der Waals surface area contributed by atoms with Gasteiger partial charge < -0.3 is 20.4 Å². The number of hydrogen-bond acceptors (Lipinski definition) is 4. The van der Waals surface area contributed by atoms with Gasteiger partial charge in [-0.15, -0.1) is 0 Å². The Balaban J connectivity index is 3.86. The van der Waals surface area contributed by atoms with Gasteiger partial charge in [-0.1, -0.05) is 13.8 Å². The molecule has 0 fully saturated rings. The van der Waals surface area contributed by atoms with Crippen LogP contribution in [0, 0.1) is 5.41 Å². The van der Waals surface area contributed by atoms with Crippen molar-refractivity contribution in [3.63, 3.8) is 0 Å². The van der Waals surface area contributed by atoms with Crippen LogP contribution >= 0.6 is 0 Å². The van der Waals surface area contributed by atoms with Crippen molar-refractivity contribution in [2.24, 2.45) is 5.41 Å². The number of rotatable bonds is 9. The van der Waals surface area contributed by atoms with E-state index in [1.165, 1.54) is 0 Å². The van der Waals surface area contributed by atoms with Crippen molar-refractivity contribution in [1.29, 1.82) is 0 Å².